The van der Waals surface area contributed by atoms with Gasteiger partial charge in [0.15, 0.2) is 23.1 Å². The summed E-state index contributed by atoms with van der Waals surface area (Å²) in [5.74, 6) is -8.58. The van der Waals surface area contributed by atoms with Gasteiger partial charge in [0.1, 0.15) is 6.61 Å². The Morgan fingerprint density at radius 1 is 1.21 bits per heavy atom. The fraction of sp³-hybridized carbons (Fsp3) is 0.182. The van der Waals surface area contributed by atoms with Crippen molar-refractivity contribution in [3.63, 3.8) is 0 Å². The third-order valence-electron chi connectivity index (χ3n) is 2.35. The van der Waals surface area contributed by atoms with Gasteiger partial charge in [0, 0.05) is 6.07 Å². The van der Waals surface area contributed by atoms with E-state index in [1.807, 2.05) is 0 Å². The highest BCUT2D eigenvalue weighted by Crippen LogP contribution is 2.27. The van der Waals surface area contributed by atoms with E-state index in [4.69, 9.17) is 5.73 Å². The van der Waals surface area contributed by atoms with Crippen LogP contribution in [0.2, 0.25) is 0 Å². The molecule has 0 aliphatic carbocycles. The molecule has 0 saturated carbocycles. The molecule has 0 aromatic heterocycles. The maximum absolute atomic E-state index is 13.2. The van der Waals surface area contributed by atoms with Crippen LogP contribution in [0.25, 0.3) is 0 Å². The third kappa shape index (κ3) is 2.47. The Morgan fingerprint density at radius 2 is 1.79 bits per heavy atom. The standard InChI is InChI=1S/C11H7F4NO3/c12-4-1-5(13)10(15)11(9(4)14)18-3-7-6(16)2-8(17)19-7/h1H,2-3,16H2. The van der Waals surface area contributed by atoms with Gasteiger partial charge in [-0.05, 0) is 0 Å². The Balaban J connectivity index is 2.21. The molecule has 102 valence electrons. The summed E-state index contributed by atoms with van der Waals surface area (Å²) in [6, 6.07) is 0.0563. The van der Waals surface area contributed by atoms with E-state index in [0.29, 0.717) is 0 Å². The molecular weight excluding hydrogens is 270 g/mol. The van der Waals surface area contributed by atoms with E-state index in [9.17, 15) is 22.4 Å². The minimum Gasteiger partial charge on any atom is -0.479 e. The average Bonchev–Trinajstić information content (AvgIpc) is 2.65. The average molecular weight is 277 g/mol. The van der Waals surface area contributed by atoms with Crippen LogP contribution in [0.15, 0.2) is 17.5 Å². The number of nitrogens with two attached hydrogens (primary N) is 1. The van der Waals surface area contributed by atoms with Gasteiger partial charge in [0.25, 0.3) is 0 Å². The van der Waals surface area contributed by atoms with Crippen LogP contribution in [-0.4, -0.2) is 12.6 Å². The van der Waals surface area contributed by atoms with Gasteiger partial charge in [-0.1, -0.05) is 0 Å². The third-order valence-corrected chi connectivity index (χ3v) is 2.35. The summed E-state index contributed by atoms with van der Waals surface area (Å²) in [5.41, 5.74) is 5.42. The molecule has 0 fully saturated rings. The van der Waals surface area contributed by atoms with Gasteiger partial charge in [-0.25, -0.2) is 8.78 Å². The Hall–Kier alpha value is -2.25. The van der Waals surface area contributed by atoms with Crippen molar-refractivity contribution in [1.82, 2.24) is 0 Å². The first-order valence-corrected chi connectivity index (χ1v) is 5.04. The lowest BCUT2D eigenvalue weighted by Gasteiger charge is -2.09. The second kappa shape index (κ2) is 4.79. The van der Waals surface area contributed by atoms with Crippen LogP contribution in [0.4, 0.5) is 17.6 Å². The summed E-state index contributed by atoms with van der Waals surface area (Å²) in [7, 11) is 0. The Bertz CT molecular complexity index is 560. The van der Waals surface area contributed by atoms with Gasteiger partial charge < -0.3 is 15.2 Å². The zero-order valence-electron chi connectivity index (χ0n) is 9.31. The first-order chi connectivity index (χ1) is 8.90. The lowest BCUT2D eigenvalue weighted by atomic mass is 10.3. The van der Waals surface area contributed by atoms with Crippen LogP contribution in [-0.2, 0) is 9.53 Å². The smallest absolute Gasteiger partial charge is 0.317 e. The maximum atomic E-state index is 13.2. The van der Waals surface area contributed by atoms with Crippen molar-refractivity contribution in [1.29, 1.82) is 0 Å². The number of hydrogen-bond donors (Lipinski definition) is 1. The van der Waals surface area contributed by atoms with Crippen LogP contribution >= 0.6 is 0 Å². The monoisotopic (exact) mass is 277 g/mol. The first kappa shape index (κ1) is 13.2. The molecule has 1 aromatic rings. The Labute approximate surface area is 104 Å². The molecule has 0 saturated heterocycles. The summed E-state index contributed by atoms with van der Waals surface area (Å²) in [4.78, 5) is 10.8. The van der Waals surface area contributed by atoms with E-state index < -0.39 is 41.6 Å². The Morgan fingerprint density at radius 3 is 2.26 bits per heavy atom. The number of cyclic esters (lactones) is 1. The molecule has 2 N–H and O–H groups in total. The topological polar surface area (TPSA) is 61.6 Å². The summed E-state index contributed by atoms with van der Waals surface area (Å²) in [6.45, 7) is -0.617. The number of halogens is 4. The van der Waals surface area contributed by atoms with E-state index in [2.05, 4.69) is 9.47 Å². The van der Waals surface area contributed by atoms with E-state index >= 15 is 0 Å². The number of esters is 1. The summed E-state index contributed by atoms with van der Waals surface area (Å²) >= 11 is 0. The highest BCUT2D eigenvalue weighted by molar-refractivity contribution is 5.76. The zero-order chi connectivity index (χ0) is 14.2. The number of rotatable bonds is 3. The van der Waals surface area contributed by atoms with Gasteiger partial charge in [-0.3, -0.25) is 4.79 Å². The summed E-state index contributed by atoms with van der Waals surface area (Å²) in [5, 5.41) is 0. The quantitative estimate of drug-likeness (QED) is 0.519. The molecule has 8 heteroatoms. The zero-order valence-corrected chi connectivity index (χ0v) is 9.31. The van der Waals surface area contributed by atoms with Crippen LogP contribution in [0.5, 0.6) is 5.75 Å². The van der Waals surface area contributed by atoms with Gasteiger partial charge in [0.05, 0.1) is 12.1 Å². The molecule has 1 aliphatic heterocycles. The van der Waals surface area contributed by atoms with Crippen molar-refractivity contribution in [2.24, 2.45) is 5.73 Å². The normalized spacial score (nSPS) is 14.8. The number of ether oxygens (including phenoxy) is 2. The lowest BCUT2D eigenvalue weighted by molar-refractivity contribution is -0.137. The van der Waals surface area contributed by atoms with E-state index in [1.165, 1.54) is 0 Å². The maximum Gasteiger partial charge on any atom is 0.317 e. The van der Waals surface area contributed by atoms with Crippen molar-refractivity contribution in [3.05, 3.63) is 40.8 Å². The Kier molecular flexibility index (Phi) is 3.32. The molecule has 1 heterocycles. The molecule has 4 nitrogen and oxygen atoms in total. The van der Waals surface area contributed by atoms with Crippen LogP contribution in [0.1, 0.15) is 6.42 Å². The molecule has 2 rings (SSSR count). The van der Waals surface area contributed by atoms with Gasteiger partial charge in [-0.15, -0.1) is 0 Å². The van der Waals surface area contributed by atoms with Crippen LogP contribution in [0.3, 0.4) is 0 Å². The number of hydrogen-bond acceptors (Lipinski definition) is 4. The molecule has 0 bridgehead atoms. The van der Waals surface area contributed by atoms with Gasteiger partial charge in [-0.2, -0.15) is 8.78 Å². The SMILES string of the molecule is NC1=C(COc2c(F)c(F)cc(F)c2F)OC(=O)C1. The summed E-state index contributed by atoms with van der Waals surface area (Å²) < 4.78 is 61.4. The molecule has 1 aliphatic rings. The first-order valence-electron chi connectivity index (χ1n) is 5.04. The number of carbonyl (C=O) groups is 1. The van der Waals surface area contributed by atoms with E-state index in [1.54, 1.807) is 0 Å². The number of carbonyl (C=O) groups excluding carboxylic acids is 1. The minimum atomic E-state index is -1.68. The largest absolute Gasteiger partial charge is 0.479 e. The molecule has 1 aromatic carbocycles. The fourth-order valence-corrected chi connectivity index (χ4v) is 1.43. The fourth-order valence-electron chi connectivity index (χ4n) is 1.43. The minimum absolute atomic E-state index is 0.0303. The summed E-state index contributed by atoms with van der Waals surface area (Å²) in [6.07, 6.45) is -0.179. The van der Waals surface area contributed by atoms with Crippen molar-refractivity contribution in [2.45, 2.75) is 6.42 Å². The van der Waals surface area contributed by atoms with Crippen molar-refractivity contribution in [2.75, 3.05) is 6.61 Å². The van der Waals surface area contributed by atoms with Crippen molar-refractivity contribution in [3.8, 4) is 5.75 Å². The second-order valence-corrected chi connectivity index (χ2v) is 3.69. The van der Waals surface area contributed by atoms with E-state index in [0.717, 1.165) is 0 Å². The van der Waals surface area contributed by atoms with Crippen LogP contribution < -0.4 is 10.5 Å². The molecule has 0 spiro atoms. The molecular formula is C11H7F4NO3. The molecule has 0 unspecified atom stereocenters. The molecule has 0 radical (unpaired) electrons. The van der Waals surface area contributed by atoms with Crippen molar-refractivity contribution >= 4 is 5.97 Å². The highest BCUT2D eigenvalue weighted by atomic mass is 19.2. The lowest BCUT2D eigenvalue weighted by Crippen LogP contribution is -2.10. The second-order valence-electron chi connectivity index (χ2n) is 3.69. The highest BCUT2D eigenvalue weighted by Gasteiger charge is 2.25. The van der Waals surface area contributed by atoms with Crippen LogP contribution in [0, 0.1) is 23.3 Å². The molecule has 0 atom stereocenters. The number of benzene rings is 1. The predicted molar refractivity (Wildman–Crippen MR) is 53.7 cm³/mol. The predicted octanol–water partition coefficient (Wildman–Crippen LogP) is 1.74. The molecule has 19 heavy (non-hydrogen) atoms. The molecule has 0 amide bonds. The van der Waals surface area contributed by atoms with E-state index in [-0.39, 0.29) is 23.9 Å². The van der Waals surface area contributed by atoms with Gasteiger partial charge >= 0.3 is 5.97 Å². The van der Waals surface area contributed by atoms with Gasteiger partial charge in [0.2, 0.25) is 11.6 Å². The van der Waals surface area contributed by atoms with Crippen molar-refractivity contribution < 1.29 is 31.8 Å².